The maximum absolute atomic E-state index is 11.6. The van der Waals surface area contributed by atoms with Crippen LogP contribution < -0.4 is 0 Å². The van der Waals surface area contributed by atoms with Crippen molar-refractivity contribution in [3.05, 3.63) is 60.2 Å². The monoisotopic (exact) mass is 300 g/mol. The summed E-state index contributed by atoms with van der Waals surface area (Å²) < 4.78 is 11.8. The van der Waals surface area contributed by atoms with Gasteiger partial charge in [-0.05, 0) is 37.3 Å². The first-order valence-corrected chi connectivity index (χ1v) is 7.49. The smallest absolute Gasteiger partial charge is 0.159 e. The van der Waals surface area contributed by atoms with E-state index < -0.39 is 0 Å². The molecule has 0 aliphatic heterocycles. The van der Waals surface area contributed by atoms with E-state index in [1.807, 2.05) is 36.4 Å². The topological polar surface area (TPSA) is 43.4 Å². The summed E-state index contributed by atoms with van der Waals surface area (Å²) in [5, 5.41) is 4.10. The maximum atomic E-state index is 11.6. The van der Waals surface area contributed by atoms with E-state index in [1.54, 1.807) is 13.0 Å². The van der Waals surface area contributed by atoms with Crippen LogP contribution >= 0.6 is 0 Å². The van der Waals surface area contributed by atoms with Crippen molar-refractivity contribution < 1.29 is 13.6 Å². The summed E-state index contributed by atoms with van der Waals surface area (Å²) >= 11 is 0. The van der Waals surface area contributed by atoms with Crippen molar-refractivity contribution in [2.75, 3.05) is 0 Å². The van der Waals surface area contributed by atoms with Gasteiger partial charge in [-0.25, -0.2) is 0 Å². The average molecular weight is 300 g/mol. The number of fused-ring (bicyclic) bond motifs is 6. The largest absolute Gasteiger partial charge is 0.456 e. The number of rotatable bonds is 1. The van der Waals surface area contributed by atoms with E-state index in [9.17, 15) is 4.79 Å². The van der Waals surface area contributed by atoms with Crippen LogP contribution in [0.1, 0.15) is 17.3 Å². The molecule has 0 radical (unpaired) electrons. The molecule has 0 unspecified atom stereocenters. The number of ketones is 1. The number of hydrogen-bond donors (Lipinski definition) is 0. The molecule has 0 aliphatic rings. The summed E-state index contributed by atoms with van der Waals surface area (Å²) in [6.45, 7) is 1.57. The highest BCUT2D eigenvalue weighted by Gasteiger charge is 2.13. The predicted molar refractivity (Wildman–Crippen MR) is 91.0 cm³/mol. The quantitative estimate of drug-likeness (QED) is 0.374. The third-order valence-electron chi connectivity index (χ3n) is 4.38. The summed E-state index contributed by atoms with van der Waals surface area (Å²) in [6.07, 6.45) is 0. The molecule has 23 heavy (non-hydrogen) atoms. The third-order valence-corrected chi connectivity index (χ3v) is 4.38. The number of furan rings is 2. The fraction of sp³-hybridized carbons (Fsp3) is 0.0500. The van der Waals surface area contributed by atoms with E-state index in [2.05, 4.69) is 12.1 Å². The van der Waals surface area contributed by atoms with Crippen LogP contribution in [0.25, 0.3) is 43.9 Å². The van der Waals surface area contributed by atoms with E-state index in [4.69, 9.17) is 8.83 Å². The minimum atomic E-state index is 0.0519. The van der Waals surface area contributed by atoms with Crippen molar-refractivity contribution in [2.45, 2.75) is 6.92 Å². The number of carbonyl (C=O) groups excluding carboxylic acids is 1. The van der Waals surface area contributed by atoms with Crippen molar-refractivity contribution in [1.82, 2.24) is 0 Å². The Labute approximate surface area is 131 Å². The van der Waals surface area contributed by atoms with Gasteiger partial charge < -0.3 is 8.83 Å². The molecular weight excluding hydrogens is 288 g/mol. The molecule has 0 amide bonds. The first-order valence-electron chi connectivity index (χ1n) is 7.49. The van der Waals surface area contributed by atoms with Crippen molar-refractivity contribution in [1.29, 1.82) is 0 Å². The fourth-order valence-corrected chi connectivity index (χ4v) is 3.21. The molecule has 0 spiro atoms. The van der Waals surface area contributed by atoms with Gasteiger partial charge in [-0.1, -0.05) is 18.2 Å². The molecular formula is C20H12O3. The minimum absolute atomic E-state index is 0.0519. The van der Waals surface area contributed by atoms with Crippen molar-refractivity contribution in [3.8, 4) is 0 Å². The van der Waals surface area contributed by atoms with E-state index in [1.165, 1.54) is 0 Å². The zero-order valence-corrected chi connectivity index (χ0v) is 12.4. The Balaban J connectivity index is 1.95. The summed E-state index contributed by atoms with van der Waals surface area (Å²) in [6, 6.07) is 17.5. The Kier molecular flexibility index (Phi) is 2.29. The first kappa shape index (κ1) is 12.5. The van der Waals surface area contributed by atoms with Gasteiger partial charge in [0.2, 0.25) is 0 Å². The normalized spacial score (nSPS) is 11.9. The van der Waals surface area contributed by atoms with Crippen LogP contribution in [0.15, 0.2) is 63.4 Å². The number of para-hydroxylation sites is 1. The van der Waals surface area contributed by atoms with Gasteiger partial charge in [0.05, 0.1) is 0 Å². The number of hydrogen-bond acceptors (Lipinski definition) is 3. The Morgan fingerprint density at radius 2 is 1.35 bits per heavy atom. The van der Waals surface area contributed by atoms with E-state index in [-0.39, 0.29) is 5.78 Å². The summed E-state index contributed by atoms with van der Waals surface area (Å²) in [7, 11) is 0. The Hall–Kier alpha value is -3.07. The van der Waals surface area contributed by atoms with Crippen molar-refractivity contribution in [2.24, 2.45) is 0 Å². The van der Waals surface area contributed by atoms with Gasteiger partial charge in [-0.3, -0.25) is 4.79 Å². The number of Topliss-reactive ketones (excluding diaryl/α,β-unsaturated/α-hetero) is 1. The van der Waals surface area contributed by atoms with Gasteiger partial charge in [0.15, 0.2) is 5.78 Å². The molecule has 0 fully saturated rings. The Morgan fingerprint density at radius 1 is 0.696 bits per heavy atom. The maximum Gasteiger partial charge on any atom is 0.159 e. The fourth-order valence-electron chi connectivity index (χ4n) is 3.21. The molecule has 3 heteroatoms. The lowest BCUT2D eigenvalue weighted by Gasteiger charge is -1.95. The van der Waals surface area contributed by atoms with E-state index >= 15 is 0 Å². The van der Waals surface area contributed by atoms with Gasteiger partial charge in [0.25, 0.3) is 0 Å². The number of benzene rings is 3. The SMILES string of the molecule is CC(=O)c1ccc2oc3cc4oc5ccccc5c4cc3c2c1. The highest BCUT2D eigenvalue weighted by molar-refractivity contribution is 6.15. The molecule has 2 aromatic heterocycles. The molecule has 0 saturated heterocycles. The zero-order chi connectivity index (χ0) is 15.6. The third kappa shape index (κ3) is 1.67. The van der Waals surface area contributed by atoms with Crippen LogP contribution in [0.2, 0.25) is 0 Å². The number of carbonyl (C=O) groups is 1. The first-order chi connectivity index (χ1) is 11.2. The van der Waals surface area contributed by atoms with Crippen molar-refractivity contribution in [3.63, 3.8) is 0 Å². The van der Waals surface area contributed by atoms with Gasteiger partial charge in [-0.15, -0.1) is 0 Å². The van der Waals surface area contributed by atoms with Crippen LogP contribution in [0.5, 0.6) is 0 Å². The molecule has 0 saturated carbocycles. The predicted octanol–water partition coefficient (Wildman–Crippen LogP) is 5.69. The Bertz CT molecular complexity index is 1240. The second-order valence-electron chi connectivity index (χ2n) is 5.81. The lowest BCUT2D eigenvalue weighted by Crippen LogP contribution is -1.89. The van der Waals surface area contributed by atoms with Crippen LogP contribution in [0.3, 0.4) is 0 Å². The van der Waals surface area contributed by atoms with Crippen molar-refractivity contribution >= 4 is 49.7 Å². The van der Waals surface area contributed by atoms with Gasteiger partial charge >= 0.3 is 0 Å². The highest BCUT2D eigenvalue weighted by atomic mass is 16.3. The van der Waals surface area contributed by atoms with Crippen LogP contribution in [0, 0.1) is 0 Å². The molecule has 110 valence electrons. The zero-order valence-electron chi connectivity index (χ0n) is 12.4. The molecule has 0 N–H and O–H groups in total. The molecule has 3 aromatic carbocycles. The van der Waals surface area contributed by atoms with Gasteiger partial charge in [-0.2, -0.15) is 0 Å². The molecule has 2 heterocycles. The average Bonchev–Trinajstić information content (AvgIpc) is 3.09. The molecule has 0 aliphatic carbocycles. The molecule has 5 aromatic rings. The lowest BCUT2D eigenvalue weighted by molar-refractivity contribution is 0.101. The second kappa shape index (κ2) is 4.23. The van der Waals surface area contributed by atoms with E-state index in [0.717, 1.165) is 43.9 Å². The molecule has 0 atom stereocenters. The van der Waals surface area contributed by atoms with Crippen LogP contribution in [0.4, 0.5) is 0 Å². The van der Waals surface area contributed by atoms with Gasteiger partial charge in [0.1, 0.15) is 22.3 Å². The molecule has 5 rings (SSSR count). The summed E-state index contributed by atoms with van der Waals surface area (Å²) in [5.74, 6) is 0.0519. The molecule has 0 bridgehead atoms. The second-order valence-corrected chi connectivity index (χ2v) is 5.81. The van der Waals surface area contributed by atoms with Crippen LogP contribution in [-0.4, -0.2) is 5.78 Å². The van der Waals surface area contributed by atoms with E-state index in [0.29, 0.717) is 5.56 Å². The van der Waals surface area contributed by atoms with Gasteiger partial charge in [0, 0.05) is 33.2 Å². The molecule has 3 nitrogen and oxygen atoms in total. The van der Waals surface area contributed by atoms with Crippen LogP contribution in [-0.2, 0) is 0 Å². The summed E-state index contributed by atoms with van der Waals surface area (Å²) in [4.78, 5) is 11.6. The lowest BCUT2D eigenvalue weighted by atomic mass is 10.1. The highest BCUT2D eigenvalue weighted by Crippen LogP contribution is 2.36. The standard InChI is InChI=1S/C20H12O3/c1-11(21)12-6-7-18-14(8-12)16-9-15-13-4-2-3-5-17(13)22-19(15)10-20(16)23-18/h2-10H,1H3. The summed E-state index contributed by atoms with van der Waals surface area (Å²) in [5.41, 5.74) is 3.92. The minimum Gasteiger partial charge on any atom is -0.456 e. The Morgan fingerprint density at radius 3 is 2.13 bits per heavy atom.